The van der Waals surface area contributed by atoms with Gasteiger partial charge in [-0.15, -0.1) is 0 Å². The zero-order valence-electron chi connectivity index (χ0n) is 10.5. The van der Waals surface area contributed by atoms with Gasteiger partial charge in [-0.2, -0.15) is 0 Å². The summed E-state index contributed by atoms with van der Waals surface area (Å²) in [5.41, 5.74) is 0.769. The summed E-state index contributed by atoms with van der Waals surface area (Å²) >= 11 is 7.04. The van der Waals surface area contributed by atoms with Crippen LogP contribution in [0.1, 0.15) is 31.2 Å². The van der Waals surface area contributed by atoms with Crippen molar-refractivity contribution in [1.82, 2.24) is 4.90 Å². The molecular weight excluding hydrogens is 361 g/mol. The van der Waals surface area contributed by atoms with Crippen LogP contribution < -0.4 is 0 Å². The van der Waals surface area contributed by atoms with Crippen molar-refractivity contribution < 1.29 is 4.39 Å². The molecule has 18 heavy (non-hydrogen) atoms. The Hall–Kier alpha value is 0.0700. The fraction of sp³-hybridized carbons (Fsp3) is 0.571. The molecule has 0 aromatic heterocycles. The van der Waals surface area contributed by atoms with Crippen LogP contribution in [0.25, 0.3) is 0 Å². The van der Waals surface area contributed by atoms with Crippen molar-refractivity contribution in [2.45, 2.75) is 43.1 Å². The molecule has 0 radical (unpaired) electrons. The van der Waals surface area contributed by atoms with Gasteiger partial charge in [-0.1, -0.05) is 50.8 Å². The quantitative estimate of drug-likeness (QED) is 0.687. The lowest BCUT2D eigenvalue weighted by Gasteiger charge is -2.35. The van der Waals surface area contributed by atoms with Gasteiger partial charge in [0.25, 0.3) is 0 Å². The Morgan fingerprint density at radius 3 is 2.72 bits per heavy atom. The van der Waals surface area contributed by atoms with Gasteiger partial charge in [0, 0.05) is 27.4 Å². The lowest BCUT2D eigenvalue weighted by Crippen LogP contribution is -2.40. The van der Waals surface area contributed by atoms with Crippen LogP contribution in [0, 0.1) is 5.82 Å². The molecule has 1 aromatic carbocycles. The summed E-state index contributed by atoms with van der Waals surface area (Å²) in [7, 11) is 2.09. The van der Waals surface area contributed by atoms with Crippen LogP contribution in [-0.4, -0.2) is 22.8 Å². The van der Waals surface area contributed by atoms with Crippen LogP contribution in [-0.2, 0) is 6.54 Å². The molecule has 2 unspecified atom stereocenters. The highest BCUT2D eigenvalue weighted by atomic mass is 79.9. The average Bonchev–Trinajstić information content (AvgIpc) is 2.33. The van der Waals surface area contributed by atoms with E-state index in [4.69, 9.17) is 0 Å². The van der Waals surface area contributed by atoms with Gasteiger partial charge in [0.15, 0.2) is 0 Å². The lowest BCUT2D eigenvalue weighted by molar-refractivity contribution is 0.191. The van der Waals surface area contributed by atoms with E-state index in [2.05, 4.69) is 43.8 Å². The summed E-state index contributed by atoms with van der Waals surface area (Å²) < 4.78 is 14.6. The van der Waals surface area contributed by atoms with Crippen LogP contribution in [0.3, 0.4) is 0 Å². The lowest BCUT2D eigenvalue weighted by atomic mass is 9.94. The van der Waals surface area contributed by atoms with Gasteiger partial charge in [0.2, 0.25) is 0 Å². The molecule has 0 N–H and O–H groups in total. The smallest absolute Gasteiger partial charge is 0.128 e. The summed E-state index contributed by atoms with van der Waals surface area (Å²) in [6.07, 6.45) is 5.00. The second kappa shape index (κ2) is 6.49. The molecule has 1 aliphatic rings. The first-order chi connectivity index (χ1) is 8.58. The van der Waals surface area contributed by atoms with Gasteiger partial charge < -0.3 is 0 Å². The maximum absolute atomic E-state index is 13.8. The van der Waals surface area contributed by atoms with Gasteiger partial charge in [-0.25, -0.2) is 4.39 Å². The third kappa shape index (κ3) is 3.55. The predicted octanol–water partition coefficient (Wildman–Crippen LogP) is 4.73. The van der Waals surface area contributed by atoms with Crippen molar-refractivity contribution >= 4 is 31.9 Å². The minimum Gasteiger partial charge on any atom is -0.298 e. The molecule has 2 rings (SSSR count). The second-order valence-corrected chi connectivity index (χ2v) is 7.11. The first-order valence-corrected chi connectivity index (χ1v) is 8.07. The number of alkyl halides is 1. The van der Waals surface area contributed by atoms with E-state index < -0.39 is 0 Å². The van der Waals surface area contributed by atoms with Gasteiger partial charge in [-0.05, 0) is 32.0 Å². The van der Waals surface area contributed by atoms with E-state index in [-0.39, 0.29) is 5.82 Å². The Kier molecular flexibility index (Phi) is 5.22. The highest BCUT2D eigenvalue weighted by molar-refractivity contribution is 9.10. The fourth-order valence-electron chi connectivity index (χ4n) is 2.60. The SMILES string of the molecule is CN(Cc1ccc(Br)cc1F)C1CCCCC1Br. The summed E-state index contributed by atoms with van der Waals surface area (Å²) in [6, 6.07) is 5.82. The van der Waals surface area contributed by atoms with E-state index >= 15 is 0 Å². The van der Waals surface area contributed by atoms with Crippen LogP contribution in [0.5, 0.6) is 0 Å². The topological polar surface area (TPSA) is 3.24 Å². The van der Waals surface area contributed by atoms with Crippen molar-refractivity contribution in [3.05, 3.63) is 34.1 Å². The average molecular weight is 379 g/mol. The Bertz CT molecular complexity index is 411. The Balaban J connectivity index is 2.03. The molecule has 1 aliphatic carbocycles. The van der Waals surface area contributed by atoms with Crippen LogP contribution >= 0.6 is 31.9 Å². The molecule has 0 spiro atoms. The minimum absolute atomic E-state index is 0.127. The van der Waals surface area contributed by atoms with E-state index in [0.717, 1.165) is 10.0 Å². The third-order valence-electron chi connectivity index (χ3n) is 3.65. The van der Waals surface area contributed by atoms with Crippen molar-refractivity contribution in [1.29, 1.82) is 0 Å². The first kappa shape index (κ1) is 14.5. The summed E-state index contributed by atoms with van der Waals surface area (Å²) in [4.78, 5) is 2.81. The molecule has 4 heteroatoms. The standard InChI is InChI=1S/C14H18Br2FN/c1-18(14-5-3-2-4-12(14)16)9-10-6-7-11(15)8-13(10)17/h6-8,12,14H,2-5,9H2,1H3. The molecular formula is C14H18Br2FN. The number of rotatable bonds is 3. The van der Waals surface area contributed by atoms with E-state index in [1.54, 1.807) is 0 Å². The number of halogens is 3. The monoisotopic (exact) mass is 377 g/mol. The number of hydrogen-bond donors (Lipinski definition) is 0. The molecule has 100 valence electrons. The molecule has 1 nitrogen and oxygen atoms in total. The van der Waals surface area contributed by atoms with Crippen LogP contribution in [0.15, 0.2) is 22.7 Å². The molecule has 1 saturated carbocycles. The van der Waals surface area contributed by atoms with E-state index in [0.29, 0.717) is 17.4 Å². The molecule has 2 atom stereocenters. The Morgan fingerprint density at radius 1 is 1.33 bits per heavy atom. The van der Waals surface area contributed by atoms with Crippen LogP contribution in [0.4, 0.5) is 4.39 Å². The molecule has 1 aromatic rings. The van der Waals surface area contributed by atoms with E-state index in [1.165, 1.54) is 31.7 Å². The van der Waals surface area contributed by atoms with Gasteiger partial charge in [0.1, 0.15) is 5.82 Å². The Labute approximate surface area is 125 Å². The summed E-state index contributed by atoms with van der Waals surface area (Å²) in [6.45, 7) is 0.672. The fourth-order valence-corrected chi connectivity index (χ4v) is 3.92. The molecule has 0 aliphatic heterocycles. The van der Waals surface area contributed by atoms with Gasteiger partial charge in [0.05, 0.1) is 0 Å². The zero-order valence-corrected chi connectivity index (χ0v) is 13.7. The second-order valence-electron chi connectivity index (χ2n) is 5.02. The predicted molar refractivity (Wildman–Crippen MR) is 80.5 cm³/mol. The van der Waals surface area contributed by atoms with Crippen LogP contribution in [0.2, 0.25) is 0 Å². The minimum atomic E-state index is -0.127. The van der Waals surface area contributed by atoms with Gasteiger partial charge in [-0.3, -0.25) is 4.90 Å². The zero-order chi connectivity index (χ0) is 13.1. The molecule has 1 fully saturated rings. The van der Waals surface area contributed by atoms with Crippen molar-refractivity contribution in [3.8, 4) is 0 Å². The Morgan fingerprint density at radius 2 is 2.06 bits per heavy atom. The number of nitrogens with zero attached hydrogens (tertiary/aromatic N) is 1. The van der Waals surface area contributed by atoms with Crippen molar-refractivity contribution in [2.75, 3.05) is 7.05 Å². The highest BCUT2D eigenvalue weighted by Crippen LogP contribution is 2.29. The maximum atomic E-state index is 13.8. The molecule has 0 amide bonds. The maximum Gasteiger partial charge on any atom is 0.128 e. The molecule has 0 bridgehead atoms. The van der Waals surface area contributed by atoms with Gasteiger partial charge >= 0.3 is 0 Å². The molecule has 0 heterocycles. The summed E-state index contributed by atoms with van der Waals surface area (Å²) in [5, 5.41) is 0. The molecule has 0 saturated heterocycles. The van der Waals surface area contributed by atoms with Crippen molar-refractivity contribution in [2.24, 2.45) is 0 Å². The first-order valence-electron chi connectivity index (χ1n) is 6.36. The number of hydrogen-bond acceptors (Lipinski definition) is 1. The van der Waals surface area contributed by atoms with E-state index in [9.17, 15) is 4.39 Å². The third-order valence-corrected chi connectivity index (χ3v) is 5.21. The largest absolute Gasteiger partial charge is 0.298 e. The highest BCUT2D eigenvalue weighted by Gasteiger charge is 2.26. The normalized spacial score (nSPS) is 24.5. The van der Waals surface area contributed by atoms with Crippen molar-refractivity contribution in [3.63, 3.8) is 0 Å². The van der Waals surface area contributed by atoms with E-state index in [1.807, 2.05) is 12.1 Å². The summed E-state index contributed by atoms with van der Waals surface area (Å²) in [5.74, 6) is -0.127. The number of benzene rings is 1.